The molecule has 2 heterocycles. The fourth-order valence-electron chi connectivity index (χ4n) is 4.43. The van der Waals surface area contributed by atoms with Crippen molar-refractivity contribution in [1.82, 2.24) is 10.0 Å². The van der Waals surface area contributed by atoms with Crippen molar-refractivity contribution in [3.05, 3.63) is 35.4 Å². The van der Waals surface area contributed by atoms with E-state index in [9.17, 15) is 8.78 Å². The van der Waals surface area contributed by atoms with Crippen molar-refractivity contribution in [3.8, 4) is 5.88 Å². The van der Waals surface area contributed by atoms with Gasteiger partial charge in [0.2, 0.25) is 11.8 Å². The lowest BCUT2D eigenvalue weighted by atomic mass is 9.78. The summed E-state index contributed by atoms with van der Waals surface area (Å²) in [6.45, 7) is 6.13. The molecule has 1 aromatic heterocycles. The van der Waals surface area contributed by atoms with Gasteiger partial charge >= 0.3 is 0 Å². The first-order valence-electron chi connectivity index (χ1n) is 13.5. The zero-order valence-electron chi connectivity index (χ0n) is 21.9. The van der Waals surface area contributed by atoms with E-state index in [1.54, 1.807) is 0 Å². The summed E-state index contributed by atoms with van der Waals surface area (Å²) in [5, 5.41) is 0.924. The molecule has 0 N–H and O–H groups in total. The number of fused-ring (bicyclic) bond motifs is 1. The first kappa shape index (κ1) is 29.4. The lowest BCUT2D eigenvalue weighted by molar-refractivity contribution is -0.180. The van der Waals surface area contributed by atoms with Crippen LogP contribution < -0.4 is 4.74 Å². The van der Waals surface area contributed by atoms with Crippen LogP contribution in [0.3, 0.4) is 0 Å². The van der Waals surface area contributed by atoms with E-state index < -0.39 is 29.8 Å². The number of rotatable bonds is 16. The molecule has 1 aromatic rings. The van der Waals surface area contributed by atoms with E-state index in [-0.39, 0.29) is 36.6 Å². The van der Waals surface area contributed by atoms with Crippen molar-refractivity contribution in [3.63, 3.8) is 0 Å². The molecule has 2 aliphatic rings. The van der Waals surface area contributed by atoms with Crippen molar-refractivity contribution >= 4 is 5.71 Å². The predicted molar refractivity (Wildman–Crippen MR) is 134 cm³/mol. The van der Waals surface area contributed by atoms with E-state index >= 15 is 8.78 Å². The van der Waals surface area contributed by atoms with Gasteiger partial charge in [-0.3, -0.25) is 4.84 Å². The standard InChI is InChI=1S/C27H39F4N3O3/c1-3-5-7-8-18-37-34-14-13-22(32-26(34)29)21-12-11-20-19-23(33-25(28)24(20)27(21,30)31)36-17-10-9-16-35-15-6-4-2/h13-14,19,21,26H,3-12,15-18H2,1-2H3. The van der Waals surface area contributed by atoms with Crippen LogP contribution >= 0.6 is 0 Å². The molecule has 10 heteroatoms. The van der Waals surface area contributed by atoms with Crippen molar-refractivity contribution in [1.29, 1.82) is 0 Å². The maximum absolute atomic E-state index is 15.4. The fourth-order valence-corrected chi connectivity index (χ4v) is 4.43. The topological polar surface area (TPSA) is 56.2 Å². The maximum Gasteiger partial charge on any atom is 0.288 e. The molecule has 208 valence electrons. The van der Waals surface area contributed by atoms with E-state index in [0.717, 1.165) is 56.6 Å². The Bertz CT molecular complexity index is 913. The van der Waals surface area contributed by atoms with Crippen molar-refractivity contribution < 1.29 is 31.9 Å². The van der Waals surface area contributed by atoms with Crippen LogP contribution in [-0.2, 0) is 21.9 Å². The molecule has 2 unspecified atom stereocenters. The summed E-state index contributed by atoms with van der Waals surface area (Å²) < 4.78 is 71.3. The number of unbranched alkanes of at least 4 members (excludes halogenated alkanes) is 5. The van der Waals surface area contributed by atoms with Gasteiger partial charge in [-0.1, -0.05) is 39.5 Å². The summed E-state index contributed by atoms with van der Waals surface area (Å²) in [5.74, 6) is -6.33. The number of nitrogens with zero attached hydrogens (tertiary/aromatic N) is 3. The number of hydrogen-bond acceptors (Lipinski definition) is 6. The van der Waals surface area contributed by atoms with Crippen molar-refractivity contribution in [2.45, 2.75) is 90.4 Å². The number of ether oxygens (including phenoxy) is 2. The van der Waals surface area contributed by atoms with Gasteiger partial charge in [-0.2, -0.15) is 13.8 Å². The third-order valence-electron chi connectivity index (χ3n) is 6.54. The molecule has 37 heavy (non-hydrogen) atoms. The number of hydrogen-bond donors (Lipinski definition) is 0. The van der Waals surface area contributed by atoms with Gasteiger partial charge in [0.1, 0.15) is 0 Å². The summed E-state index contributed by atoms with van der Waals surface area (Å²) in [6, 6.07) is 1.38. The first-order chi connectivity index (χ1) is 17.9. The number of alkyl halides is 3. The lowest BCUT2D eigenvalue weighted by Crippen LogP contribution is -2.40. The van der Waals surface area contributed by atoms with Gasteiger partial charge in [0.25, 0.3) is 12.3 Å². The molecule has 0 spiro atoms. The Morgan fingerprint density at radius 2 is 1.73 bits per heavy atom. The molecule has 0 aromatic carbocycles. The minimum Gasteiger partial charge on any atom is -0.478 e. The summed E-state index contributed by atoms with van der Waals surface area (Å²) in [6.07, 6.45) is 8.26. The molecule has 0 fully saturated rings. The Morgan fingerprint density at radius 1 is 1.00 bits per heavy atom. The van der Waals surface area contributed by atoms with Gasteiger partial charge in [-0.25, -0.2) is 18.8 Å². The number of hydroxylamine groups is 2. The van der Waals surface area contributed by atoms with Gasteiger partial charge in [0, 0.05) is 25.5 Å². The van der Waals surface area contributed by atoms with Crippen LogP contribution in [0.5, 0.6) is 5.88 Å². The molecule has 0 saturated carbocycles. The zero-order chi connectivity index (χ0) is 26.7. The monoisotopic (exact) mass is 529 g/mol. The second-order valence-corrected chi connectivity index (χ2v) is 9.46. The highest BCUT2D eigenvalue weighted by Gasteiger charge is 2.50. The van der Waals surface area contributed by atoms with Crippen molar-refractivity contribution in [2.24, 2.45) is 10.9 Å². The van der Waals surface area contributed by atoms with Crippen LogP contribution in [0.25, 0.3) is 0 Å². The molecule has 1 aliphatic carbocycles. The molecule has 0 saturated heterocycles. The predicted octanol–water partition coefficient (Wildman–Crippen LogP) is 6.89. The molecule has 1 aliphatic heterocycles. The lowest BCUT2D eigenvalue weighted by Gasteiger charge is -2.35. The number of aryl methyl sites for hydroxylation is 1. The van der Waals surface area contributed by atoms with Crippen molar-refractivity contribution in [2.75, 3.05) is 26.4 Å². The normalized spacial score (nSPS) is 20.6. The third kappa shape index (κ3) is 8.14. The van der Waals surface area contributed by atoms with Gasteiger partial charge in [-0.05, 0) is 50.2 Å². The second-order valence-electron chi connectivity index (χ2n) is 9.46. The zero-order valence-corrected chi connectivity index (χ0v) is 21.9. The van der Waals surface area contributed by atoms with E-state index in [1.165, 1.54) is 18.3 Å². The van der Waals surface area contributed by atoms with Crippen LogP contribution in [0.2, 0.25) is 0 Å². The minimum atomic E-state index is -3.59. The van der Waals surface area contributed by atoms with Gasteiger partial charge in [-0.15, -0.1) is 0 Å². The SMILES string of the molecule is CCCCCCON1C=CC(C2CCc3cc(OCCCCOCCCC)nc(F)c3C2(F)F)=NC1F. The summed E-state index contributed by atoms with van der Waals surface area (Å²) in [7, 11) is 0. The summed E-state index contributed by atoms with van der Waals surface area (Å²) >= 11 is 0. The van der Waals surface area contributed by atoms with Gasteiger partial charge in [0.05, 0.1) is 30.4 Å². The second kappa shape index (κ2) is 14.7. The highest BCUT2D eigenvalue weighted by molar-refractivity contribution is 5.98. The van der Waals surface area contributed by atoms with E-state index in [1.807, 2.05) is 0 Å². The van der Waals surface area contributed by atoms with E-state index in [4.69, 9.17) is 14.3 Å². The van der Waals surface area contributed by atoms with Crippen LogP contribution in [-0.4, -0.2) is 48.6 Å². The first-order valence-corrected chi connectivity index (χ1v) is 13.5. The summed E-state index contributed by atoms with van der Waals surface area (Å²) in [4.78, 5) is 12.8. The largest absolute Gasteiger partial charge is 0.478 e. The molecule has 6 nitrogen and oxygen atoms in total. The molecule has 0 bridgehead atoms. The summed E-state index contributed by atoms with van der Waals surface area (Å²) in [5.41, 5.74) is -0.725. The third-order valence-corrected chi connectivity index (χ3v) is 6.54. The number of aliphatic imine (C=N–C) groups is 1. The molecule has 0 radical (unpaired) electrons. The van der Waals surface area contributed by atoms with Crippen LogP contribution in [0.4, 0.5) is 17.6 Å². The minimum absolute atomic E-state index is 0.00817. The van der Waals surface area contributed by atoms with Gasteiger partial charge in [0.15, 0.2) is 0 Å². The highest BCUT2D eigenvalue weighted by atomic mass is 19.3. The van der Waals surface area contributed by atoms with Crippen LogP contribution in [0.1, 0.15) is 82.8 Å². The Labute approximate surface area is 217 Å². The van der Waals surface area contributed by atoms with Crippen LogP contribution in [0.15, 0.2) is 23.3 Å². The Kier molecular flexibility index (Phi) is 11.6. The quantitative estimate of drug-likeness (QED) is 0.101. The molecule has 3 rings (SSSR count). The van der Waals surface area contributed by atoms with E-state index in [0.29, 0.717) is 19.6 Å². The number of allylic oxidation sites excluding steroid dienone is 1. The van der Waals surface area contributed by atoms with Gasteiger partial charge < -0.3 is 9.47 Å². The number of aromatic nitrogens is 1. The Hall–Kier alpha value is -2.20. The maximum atomic E-state index is 15.4. The average molecular weight is 530 g/mol. The number of halogens is 4. The molecular formula is C27H39F4N3O3. The molecular weight excluding hydrogens is 490 g/mol. The average Bonchev–Trinajstić information content (AvgIpc) is 2.86. The fraction of sp³-hybridized carbons (Fsp3) is 0.704. The van der Waals surface area contributed by atoms with E-state index in [2.05, 4.69) is 23.8 Å². The molecule has 2 atom stereocenters. The Morgan fingerprint density at radius 3 is 2.49 bits per heavy atom. The number of pyridine rings is 1. The Balaban J connectivity index is 1.56. The smallest absolute Gasteiger partial charge is 0.288 e. The highest BCUT2D eigenvalue weighted by Crippen LogP contribution is 2.47. The molecule has 0 amide bonds. The van der Waals surface area contributed by atoms with Crippen LogP contribution in [0, 0.1) is 11.9 Å².